The second-order valence-electron chi connectivity index (χ2n) is 10.5. The van der Waals surface area contributed by atoms with Gasteiger partial charge in [-0.3, -0.25) is 4.79 Å². The molecule has 0 amide bonds. The van der Waals surface area contributed by atoms with E-state index in [1.54, 1.807) is 0 Å². The number of ketones is 1. The number of esters is 1. The van der Waals surface area contributed by atoms with Crippen molar-refractivity contribution in [3.05, 3.63) is 52.4 Å². The number of unbranched alkanes of at least 4 members (excludes halogenated alkanes) is 1. The van der Waals surface area contributed by atoms with Crippen molar-refractivity contribution in [2.75, 3.05) is 6.61 Å². The molecule has 1 heterocycles. The molecule has 0 saturated heterocycles. The molecule has 1 aliphatic heterocycles. The molecule has 1 N–H and O–H groups in total. The van der Waals surface area contributed by atoms with E-state index in [1.807, 2.05) is 31.2 Å². The van der Waals surface area contributed by atoms with Crippen molar-refractivity contribution in [1.82, 2.24) is 5.32 Å². The molecule has 1 fully saturated rings. The Bertz CT molecular complexity index is 981. The van der Waals surface area contributed by atoms with Gasteiger partial charge in [-0.25, -0.2) is 4.79 Å². The standard InChI is InChI=1S/C28H37NO4/c1-5-6-15-32-23-14-10-9-13-20(23)25-24(27(31)33-19-11-7-8-12-19)18(2)29-21-16-28(3,4)17-22(30)26(21)25/h9-10,13-14,19,25,29H,5-8,11-12,15-17H2,1-4H3/t25-/m1/s1. The molecule has 1 saturated carbocycles. The monoisotopic (exact) mass is 451 g/mol. The number of para-hydroxylation sites is 1. The third-order valence-electron chi connectivity index (χ3n) is 7.02. The van der Waals surface area contributed by atoms with Crippen molar-refractivity contribution in [2.45, 2.75) is 91.1 Å². The number of nitrogens with one attached hydrogen (secondary N) is 1. The van der Waals surface area contributed by atoms with E-state index in [0.717, 1.165) is 67.7 Å². The van der Waals surface area contributed by atoms with E-state index in [0.29, 0.717) is 24.2 Å². The highest BCUT2D eigenvalue weighted by Crippen LogP contribution is 2.48. The van der Waals surface area contributed by atoms with Gasteiger partial charge in [0.25, 0.3) is 0 Å². The lowest BCUT2D eigenvalue weighted by molar-refractivity contribution is -0.144. The molecule has 0 radical (unpaired) electrons. The first kappa shape index (κ1) is 23.6. The number of rotatable bonds is 7. The summed E-state index contributed by atoms with van der Waals surface area (Å²) in [6.07, 6.45) is 7.19. The summed E-state index contributed by atoms with van der Waals surface area (Å²) in [7, 11) is 0. The molecule has 0 spiro atoms. The number of hydrogen-bond donors (Lipinski definition) is 1. The van der Waals surface area contributed by atoms with E-state index in [4.69, 9.17) is 9.47 Å². The summed E-state index contributed by atoms with van der Waals surface area (Å²) in [5.41, 5.74) is 3.70. The van der Waals surface area contributed by atoms with Gasteiger partial charge in [-0.05, 0) is 56.9 Å². The Morgan fingerprint density at radius 1 is 1.15 bits per heavy atom. The van der Waals surface area contributed by atoms with Crippen LogP contribution in [0.25, 0.3) is 0 Å². The second-order valence-corrected chi connectivity index (χ2v) is 10.5. The molecule has 178 valence electrons. The minimum Gasteiger partial charge on any atom is -0.493 e. The Labute approximate surface area is 197 Å². The fraction of sp³-hybridized carbons (Fsp3) is 0.571. The maximum absolute atomic E-state index is 13.5. The minimum atomic E-state index is -0.475. The van der Waals surface area contributed by atoms with Gasteiger partial charge in [0.15, 0.2) is 5.78 Å². The Kier molecular flexibility index (Phi) is 6.96. The van der Waals surface area contributed by atoms with Crippen molar-refractivity contribution >= 4 is 11.8 Å². The smallest absolute Gasteiger partial charge is 0.337 e. The Hall–Kier alpha value is -2.56. The molecule has 1 atom stereocenters. The van der Waals surface area contributed by atoms with Crippen molar-refractivity contribution in [1.29, 1.82) is 0 Å². The van der Waals surface area contributed by atoms with Crippen LogP contribution in [0.3, 0.4) is 0 Å². The van der Waals surface area contributed by atoms with Gasteiger partial charge < -0.3 is 14.8 Å². The van der Waals surface area contributed by atoms with E-state index >= 15 is 0 Å². The SMILES string of the molecule is CCCCOc1ccccc1[C@@H]1C(C(=O)OC2CCCC2)=C(C)NC2=C1C(=O)CC(C)(C)C2. The minimum absolute atomic E-state index is 0.0362. The van der Waals surface area contributed by atoms with Gasteiger partial charge in [0.2, 0.25) is 0 Å². The van der Waals surface area contributed by atoms with Crippen LogP contribution in [0.1, 0.15) is 90.5 Å². The van der Waals surface area contributed by atoms with Crippen LogP contribution in [-0.2, 0) is 14.3 Å². The lowest BCUT2D eigenvalue weighted by atomic mass is 9.68. The summed E-state index contributed by atoms with van der Waals surface area (Å²) >= 11 is 0. The fourth-order valence-corrected chi connectivity index (χ4v) is 5.42. The zero-order valence-corrected chi connectivity index (χ0v) is 20.5. The molecule has 4 rings (SSSR count). The molecular weight excluding hydrogens is 414 g/mol. The first-order valence-electron chi connectivity index (χ1n) is 12.5. The lowest BCUT2D eigenvalue weighted by Crippen LogP contribution is -2.39. The van der Waals surface area contributed by atoms with Gasteiger partial charge >= 0.3 is 5.97 Å². The van der Waals surface area contributed by atoms with E-state index in [9.17, 15) is 9.59 Å². The number of carbonyl (C=O) groups is 2. The van der Waals surface area contributed by atoms with Gasteiger partial charge in [-0.1, -0.05) is 45.4 Å². The average Bonchev–Trinajstić information content (AvgIpc) is 3.25. The normalized spacial score (nSPS) is 22.8. The van der Waals surface area contributed by atoms with Crippen LogP contribution in [-0.4, -0.2) is 24.5 Å². The summed E-state index contributed by atoms with van der Waals surface area (Å²) in [4.78, 5) is 27.0. The van der Waals surface area contributed by atoms with Crippen LogP contribution >= 0.6 is 0 Å². The van der Waals surface area contributed by atoms with Crippen molar-refractivity contribution < 1.29 is 19.1 Å². The lowest BCUT2D eigenvalue weighted by Gasteiger charge is -2.39. The molecule has 0 bridgehead atoms. The van der Waals surface area contributed by atoms with Crippen LogP contribution < -0.4 is 10.1 Å². The van der Waals surface area contributed by atoms with Crippen molar-refractivity contribution in [3.63, 3.8) is 0 Å². The van der Waals surface area contributed by atoms with Crippen LogP contribution in [0.2, 0.25) is 0 Å². The molecule has 5 heteroatoms. The van der Waals surface area contributed by atoms with Crippen LogP contribution in [0.15, 0.2) is 46.8 Å². The Morgan fingerprint density at radius 3 is 2.61 bits per heavy atom. The summed E-state index contributed by atoms with van der Waals surface area (Å²) in [6, 6.07) is 7.83. The Balaban J connectivity index is 1.78. The number of carbonyl (C=O) groups excluding carboxylic acids is 2. The highest BCUT2D eigenvalue weighted by Gasteiger charge is 2.44. The predicted octanol–water partition coefficient (Wildman–Crippen LogP) is 5.96. The number of Topliss-reactive ketones (excluding diaryl/α,β-unsaturated/α-hetero) is 1. The van der Waals surface area contributed by atoms with Crippen LogP contribution in [0, 0.1) is 5.41 Å². The van der Waals surface area contributed by atoms with Gasteiger partial charge in [-0.2, -0.15) is 0 Å². The van der Waals surface area contributed by atoms with Gasteiger partial charge in [0, 0.05) is 29.0 Å². The number of allylic oxidation sites excluding steroid dienone is 3. The summed E-state index contributed by atoms with van der Waals surface area (Å²) in [6.45, 7) is 8.90. The van der Waals surface area contributed by atoms with Gasteiger partial charge in [0.05, 0.1) is 18.1 Å². The average molecular weight is 452 g/mol. The maximum atomic E-state index is 13.5. The summed E-state index contributed by atoms with van der Waals surface area (Å²) < 4.78 is 12.1. The number of ether oxygens (including phenoxy) is 2. The fourth-order valence-electron chi connectivity index (χ4n) is 5.42. The van der Waals surface area contributed by atoms with E-state index in [1.165, 1.54) is 0 Å². The molecule has 1 aromatic carbocycles. The molecule has 0 aromatic heterocycles. The van der Waals surface area contributed by atoms with Crippen molar-refractivity contribution in [3.8, 4) is 5.75 Å². The van der Waals surface area contributed by atoms with E-state index < -0.39 is 5.92 Å². The molecule has 3 aliphatic rings. The third-order valence-corrected chi connectivity index (χ3v) is 7.02. The quantitative estimate of drug-likeness (QED) is 0.410. The van der Waals surface area contributed by atoms with E-state index in [2.05, 4.69) is 26.1 Å². The molecule has 2 aliphatic carbocycles. The maximum Gasteiger partial charge on any atom is 0.337 e. The largest absolute Gasteiger partial charge is 0.493 e. The molecule has 5 nitrogen and oxygen atoms in total. The molecular formula is C28H37NO4. The first-order valence-corrected chi connectivity index (χ1v) is 12.5. The predicted molar refractivity (Wildman–Crippen MR) is 129 cm³/mol. The number of dihydropyridines is 1. The van der Waals surface area contributed by atoms with Crippen molar-refractivity contribution in [2.24, 2.45) is 5.41 Å². The van der Waals surface area contributed by atoms with Gasteiger partial charge in [-0.15, -0.1) is 0 Å². The highest BCUT2D eigenvalue weighted by atomic mass is 16.5. The molecule has 33 heavy (non-hydrogen) atoms. The topological polar surface area (TPSA) is 64.6 Å². The van der Waals surface area contributed by atoms with E-state index in [-0.39, 0.29) is 23.3 Å². The third kappa shape index (κ3) is 5.02. The Morgan fingerprint density at radius 2 is 1.88 bits per heavy atom. The van der Waals surface area contributed by atoms with Gasteiger partial charge in [0.1, 0.15) is 11.9 Å². The zero-order valence-electron chi connectivity index (χ0n) is 20.5. The first-order chi connectivity index (χ1) is 15.8. The van der Waals surface area contributed by atoms with Crippen LogP contribution in [0.4, 0.5) is 0 Å². The summed E-state index contributed by atoms with van der Waals surface area (Å²) in [5, 5.41) is 3.43. The summed E-state index contributed by atoms with van der Waals surface area (Å²) in [5.74, 6) is 0.0445. The molecule has 0 unspecified atom stereocenters. The number of hydrogen-bond acceptors (Lipinski definition) is 5. The van der Waals surface area contributed by atoms with Crippen LogP contribution in [0.5, 0.6) is 5.75 Å². The zero-order chi connectivity index (χ0) is 23.6. The second kappa shape index (κ2) is 9.74. The highest BCUT2D eigenvalue weighted by molar-refractivity contribution is 6.04. The number of benzene rings is 1. The molecule has 1 aromatic rings.